The number of ketones is 1. The average molecular weight is 398 g/mol. The largest absolute Gasteiger partial charge is 0.366 e. The summed E-state index contributed by atoms with van der Waals surface area (Å²) in [5.74, 6) is -0.0168. The number of carbonyl (C=O) groups is 1. The smallest absolute Gasteiger partial charge is 0.211 e. The van der Waals surface area contributed by atoms with E-state index in [1.54, 1.807) is 30.4 Å². The molecule has 0 saturated carbocycles. The summed E-state index contributed by atoms with van der Waals surface area (Å²) >= 11 is 1.58. The molecule has 0 fully saturated rings. The van der Waals surface area contributed by atoms with Gasteiger partial charge in [0.25, 0.3) is 0 Å². The molecule has 1 aromatic carbocycles. The fourth-order valence-corrected chi connectivity index (χ4v) is 4.49. The van der Waals surface area contributed by atoms with Crippen LogP contribution < -0.4 is 5.32 Å². The van der Waals surface area contributed by atoms with E-state index in [0.29, 0.717) is 11.3 Å². The van der Waals surface area contributed by atoms with Gasteiger partial charge in [-0.3, -0.25) is 14.8 Å². The van der Waals surface area contributed by atoms with Gasteiger partial charge in [0.1, 0.15) is 5.37 Å². The van der Waals surface area contributed by atoms with Crippen molar-refractivity contribution in [2.24, 2.45) is 0 Å². The van der Waals surface area contributed by atoms with Crippen LogP contribution >= 0.6 is 11.8 Å². The zero-order valence-electron chi connectivity index (χ0n) is 15.7. The van der Waals surface area contributed by atoms with Crippen LogP contribution in [0.1, 0.15) is 26.9 Å². The van der Waals surface area contributed by atoms with E-state index in [2.05, 4.69) is 20.3 Å². The number of benzene rings is 1. The van der Waals surface area contributed by atoms with Crippen molar-refractivity contribution in [2.75, 3.05) is 0 Å². The number of hydrogen-bond acceptors (Lipinski definition) is 5. The van der Waals surface area contributed by atoms with Crippen molar-refractivity contribution in [2.45, 2.75) is 12.3 Å². The van der Waals surface area contributed by atoms with Crippen LogP contribution in [0, 0.1) is 6.92 Å². The Morgan fingerprint density at radius 1 is 1.14 bits per heavy atom. The lowest BCUT2D eigenvalue weighted by Crippen LogP contribution is -2.19. The van der Waals surface area contributed by atoms with Gasteiger partial charge in [-0.15, -0.1) is 11.8 Å². The van der Waals surface area contributed by atoms with E-state index in [1.807, 2.05) is 61.0 Å². The first-order valence-corrected chi connectivity index (χ1v) is 10.2. The van der Waals surface area contributed by atoms with Gasteiger partial charge in [0.2, 0.25) is 5.78 Å². The second-order valence-electron chi connectivity index (χ2n) is 6.94. The van der Waals surface area contributed by atoms with Gasteiger partial charge in [-0.2, -0.15) is 0 Å². The second kappa shape index (κ2) is 7.22. The highest BCUT2D eigenvalue weighted by Crippen LogP contribution is 2.35. The molecular weight excluding hydrogens is 380 g/mol. The molecule has 142 valence electrons. The summed E-state index contributed by atoms with van der Waals surface area (Å²) in [6.45, 7) is 2.05. The van der Waals surface area contributed by atoms with Gasteiger partial charge >= 0.3 is 0 Å². The van der Waals surface area contributed by atoms with Crippen molar-refractivity contribution < 1.29 is 4.79 Å². The number of pyridine rings is 2. The number of aryl methyl sites for hydroxylation is 1. The number of fused-ring (bicyclic) bond motifs is 1. The molecule has 1 unspecified atom stereocenters. The third kappa shape index (κ3) is 3.21. The number of rotatable bonds is 4. The first-order chi connectivity index (χ1) is 14.2. The molecule has 3 aromatic heterocycles. The SMILES string of the molecule is Cc1cccnc1-c1ccc2c(C(=O)C3=CSC(c4cccnc4)N3)c[nH]c2c1. The van der Waals surface area contributed by atoms with Crippen LogP contribution in [0.4, 0.5) is 0 Å². The molecule has 0 amide bonds. The molecule has 5 rings (SSSR count). The molecule has 0 spiro atoms. The maximum Gasteiger partial charge on any atom is 0.211 e. The molecule has 1 aliphatic rings. The summed E-state index contributed by atoms with van der Waals surface area (Å²) in [5, 5.41) is 6.12. The van der Waals surface area contributed by atoms with Crippen LogP contribution in [0.2, 0.25) is 0 Å². The van der Waals surface area contributed by atoms with Crippen molar-refractivity contribution in [1.82, 2.24) is 20.3 Å². The normalized spacial score (nSPS) is 15.9. The quantitative estimate of drug-likeness (QED) is 0.474. The molecule has 29 heavy (non-hydrogen) atoms. The van der Waals surface area contributed by atoms with Crippen molar-refractivity contribution in [3.63, 3.8) is 0 Å². The molecule has 2 N–H and O–H groups in total. The van der Waals surface area contributed by atoms with Gasteiger partial charge in [0.15, 0.2) is 0 Å². The first kappa shape index (κ1) is 17.7. The summed E-state index contributed by atoms with van der Waals surface area (Å²) in [7, 11) is 0. The molecule has 5 nitrogen and oxygen atoms in total. The van der Waals surface area contributed by atoms with Gasteiger partial charge in [0.05, 0.1) is 11.4 Å². The highest BCUT2D eigenvalue weighted by atomic mass is 32.2. The standard InChI is InChI=1S/C23H18N4OS/c1-14-4-2-9-25-21(14)15-6-7-17-18(12-26-19(17)10-15)22(28)20-13-29-23(27-20)16-5-3-8-24-11-16/h2-13,23,26-27H,1H3. The molecule has 1 aliphatic heterocycles. The molecule has 0 saturated heterocycles. The Hall–Kier alpha value is -3.38. The second-order valence-corrected chi connectivity index (χ2v) is 7.92. The minimum Gasteiger partial charge on any atom is -0.366 e. The Bertz CT molecular complexity index is 1250. The van der Waals surface area contributed by atoms with Gasteiger partial charge in [-0.05, 0) is 30.7 Å². The zero-order valence-corrected chi connectivity index (χ0v) is 16.5. The van der Waals surface area contributed by atoms with Crippen LogP contribution in [0.25, 0.3) is 22.2 Å². The molecule has 0 radical (unpaired) electrons. The van der Waals surface area contributed by atoms with Crippen LogP contribution in [0.15, 0.2) is 78.4 Å². The highest BCUT2D eigenvalue weighted by molar-refractivity contribution is 8.02. The van der Waals surface area contributed by atoms with E-state index in [4.69, 9.17) is 0 Å². The third-order valence-electron chi connectivity index (χ3n) is 5.05. The number of H-pyrrole nitrogens is 1. The summed E-state index contributed by atoms with van der Waals surface area (Å²) < 4.78 is 0. The Kier molecular flexibility index (Phi) is 4.41. The summed E-state index contributed by atoms with van der Waals surface area (Å²) in [4.78, 5) is 25.0. The van der Waals surface area contributed by atoms with E-state index in [-0.39, 0.29) is 11.2 Å². The Morgan fingerprint density at radius 3 is 2.86 bits per heavy atom. The molecule has 4 aromatic rings. The van der Waals surface area contributed by atoms with Crippen LogP contribution in [0.5, 0.6) is 0 Å². The number of aromatic nitrogens is 3. The number of nitrogens with zero attached hydrogens (tertiary/aromatic N) is 2. The van der Waals surface area contributed by atoms with E-state index < -0.39 is 0 Å². The number of thioether (sulfide) groups is 1. The number of Topliss-reactive ketones (excluding diaryl/α,β-unsaturated/α-hetero) is 1. The molecule has 4 heterocycles. The number of hydrogen-bond donors (Lipinski definition) is 2. The van der Waals surface area contributed by atoms with Crippen molar-refractivity contribution in [3.8, 4) is 11.3 Å². The van der Waals surface area contributed by atoms with Gasteiger partial charge in [-0.25, -0.2) is 0 Å². The van der Waals surface area contributed by atoms with E-state index in [1.165, 1.54) is 0 Å². The predicted molar refractivity (Wildman–Crippen MR) is 116 cm³/mol. The van der Waals surface area contributed by atoms with Crippen LogP contribution in [-0.4, -0.2) is 20.7 Å². The predicted octanol–water partition coefficient (Wildman–Crippen LogP) is 4.99. The van der Waals surface area contributed by atoms with Gasteiger partial charge < -0.3 is 10.3 Å². The van der Waals surface area contributed by atoms with Gasteiger partial charge in [-0.1, -0.05) is 24.3 Å². The molecule has 1 atom stereocenters. The minimum atomic E-state index is -0.0168. The summed E-state index contributed by atoms with van der Waals surface area (Å²) in [6, 6.07) is 13.9. The third-order valence-corrected chi connectivity index (χ3v) is 6.08. The number of aromatic amines is 1. The average Bonchev–Trinajstić information content (AvgIpc) is 3.41. The number of nitrogens with one attached hydrogen (secondary N) is 2. The van der Waals surface area contributed by atoms with E-state index in [9.17, 15) is 4.79 Å². The maximum absolute atomic E-state index is 13.1. The van der Waals surface area contributed by atoms with E-state index >= 15 is 0 Å². The lowest BCUT2D eigenvalue weighted by atomic mass is 10.0. The zero-order chi connectivity index (χ0) is 19.8. The summed E-state index contributed by atoms with van der Waals surface area (Å²) in [5.41, 5.74) is 6.34. The van der Waals surface area contributed by atoms with Crippen molar-refractivity contribution in [3.05, 3.63) is 95.0 Å². The Labute approximate surface area is 172 Å². The highest BCUT2D eigenvalue weighted by Gasteiger charge is 2.25. The fraction of sp³-hybridized carbons (Fsp3) is 0.0870. The first-order valence-electron chi connectivity index (χ1n) is 9.30. The topological polar surface area (TPSA) is 70.7 Å². The summed E-state index contributed by atoms with van der Waals surface area (Å²) in [6.07, 6.45) is 7.14. The van der Waals surface area contributed by atoms with E-state index in [0.717, 1.165) is 33.3 Å². The molecule has 0 bridgehead atoms. The van der Waals surface area contributed by atoms with Crippen LogP contribution in [0.3, 0.4) is 0 Å². The lowest BCUT2D eigenvalue weighted by Gasteiger charge is -2.12. The number of carbonyl (C=O) groups excluding carboxylic acids is 1. The Morgan fingerprint density at radius 2 is 2.03 bits per heavy atom. The monoisotopic (exact) mass is 398 g/mol. The fourth-order valence-electron chi connectivity index (χ4n) is 3.55. The van der Waals surface area contributed by atoms with Gasteiger partial charge in [0, 0.05) is 57.8 Å². The minimum absolute atomic E-state index is 0.00610. The Balaban J connectivity index is 1.42. The van der Waals surface area contributed by atoms with Crippen molar-refractivity contribution >= 4 is 28.4 Å². The molecule has 0 aliphatic carbocycles. The number of allylic oxidation sites excluding steroid dienone is 1. The van der Waals surface area contributed by atoms with Crippen LogP contribution in [-0.2, 0) is 0 Å². The maximum atomic E-state index is 13.1. The molecule has 6 heteroatoms. The lowest BCUT2D eigenvalue weighted by molar-refractivity contribution is 0.102. The molecular formula is C23H18N4OS. The van der Waals surface area contributed by atoms with Crippen molar-refractivity contribution in [1.29, 1.82) is 0 Å².